The van der Waals surface area contributed by atoms with Crippen LogP contribution in [-0.2, 0) is 19.6 Å². The second-order valence-corrected chi connectivity index (χ2v) is 8.80. The number of hydrogen-bond acceptors (Lipinski definition) is 8. The van der Waals surface area contributed by atoms with E-state index in [2.05, 4.69) is 19.4 Å². The molecule has 3 aromatic rings. The van der Waals surface area contributed by atoms with Crippen LogP contribution in [0.15, 0.2) is 78.0 Å². The number of carbonyl (C=O) groups is 2. The van der Waals surface area contributed by atoms with Crippen LogP contribution >= 0.6 is 0 Å². The number of nitrogens with zero attached hydrogens (tertiary/aromatic N) is 2. The van der Waals surface area contributed by atoms with E-state index < -0.39 is 40.3 Å². The molecule has 36 heavy (non-hydrogen) atoms. The number of sulfonamides is 1. The van der Waals surface area contributed by atoms with Crippen molar-refractivity contribution in [3.63, 3.8) is 0 Å². The molecule has 1 amide bonds. The lowest BCUT2D eigenvalue weighted by atomic mass is 10.1. The van der Waals surface area contributed by atoms with Crippen LogP contribution in [0.1, 0.15) is 17.3 Å². The molecule has 1 atom stereocenters. The summed E-state index contributed by atoms with van der Waals surface area (Å²) >= 11 is 0. The maximum atomic E-state index is 14.3. The molecule has 0 spiro atoms. The summed E-state index contributed by atoms with van der Waals surface area (Å²) in [6.07, 6.45) is -2.73. The minimum atomic E-state index is -5.36. The maximum Gasteiger partial charge on any atom is 0.441 e. The van der Waals surface area contributed by atoms with Crippen molar-refractivity contribution in [1.29, 1.82) is 0 Å². The topological polar surface area (TPSA) is 139 Å². The number of hydrogen-bond donors (Lipinski definition) is 3. The average molecular weight is 523 g/mol. The molecule has 1 aromatic heterocycles. The highest BCUT2D eigenvalue weighted by Gasteiger charge is 2.63. The lowest BCUT2D eigenvalue weighted by Gasteiger charge is -2.35. The Balaban J connectivity index is 1.94. The summed E-state index contributed by atoms with van der Waals surface area (Å²) in [5.41, 5.74) is -4.14. The normalized spacial score (nSPS) is 13.2. The van der Waals surface area contributed by atoms with Crippen molar-refractivity contribution in [2.45, 2.75) is 23.7 Å². The van der Waals surface area contributed by atoms with Crippen LogP contribution in [0, 0.1) is 0 Å². The van der Waals surface area contributed by atoms with Crippen LogP contribution in [0.5, 0.6) is 0 Å². The van der Waals surface area contributed by atoms with Crippen molar-refractivity contribution < 1.29 is 35.9 Å². The quantitative estimate of drug-likeness (QED) is 0.287. The number of rotatable bonds is 9. The van der Waals surface area contributed by atoms with E-state index >= 15 is 0 Å². The number of aromatic nitrogens is 2. The monoisotopic (exact) mass is 523 g/mol. The lowest BCUT2D eigenvalue weighted by molar-refractivity contribution is -0.204. The summed E-state index contributed by atoms with van der Waals surface area (Å²) in [6.45, 7) is 0.908. The molecule has 0 radical (unpaired) electrons. The van der Waals surface area contributed by atoms with Crippen molar-refractivity contribution in [2.75, 3.05) is 16.6 Å². The molecule has 10 nitrogen and oxygen atoms in total. The van der Waals surface area contributed by atoms with Crippen molar-refractivity contribution >= 4 is 33.5 Å². The predicted octanol–water partition coefficient (Wildman–Crippen LogP) is 2.94. The summed E-state index contributed by atoms with van der Waals surface area (Å²) in [4.78, 5) is 32.3. The summed E-state index contributed by atoms with van der Waals surface area (Å²) < 4.78 is 74.8. The molecule has 0 saturated heterocycles. The van der Waals surface area contributed by atoms with Gasteiger partial charge in [-0.1, -0.05) is 18.2 Å². The van der Waals surface area contributed by atoms with Gasteiger partial charge in [0.15, 0.2) is 0 Å². The molecule has 0 aliphatic carbocycles. The Bertz CT molecular complexity index is 1310. The zero-order valence-corrected chi connectivity index (χ0v) is 19.4. The smallest absolute Gasteiger partial charge is 0.441 e. The molecule has 3 N–H and O–H groups in total. The molecule has 0 fully saturated rings. The number of esters is 1. The number of benzene rings is 2. The van der Waals surface area contributed by atoms with Crippen LogP contribution < -0.4 is 15.4 Å². The minimum absolute atomic E-state index is 0.132. The van der Waals surface area contributed by atoms with Gasteiger partial charge in [-0.05, 0) is 49.4 Å². The van der Waals surface area contributed by atoms with Gasteiger partial charge in [-0.15, -0.1) is 0 Å². The molecule has 0 bridgehead atoms. The van der Waals surface area contributed by atoms with Crippen LogP contribution in [0.3, 0.4) is 0 Å². The van der Waals surface area contributed by atoms with Gasteiger partial charge < -0.3 is 15.4 Å². The van der Waals surface area contributed by atoms with Gasteiger partial charge in [0.1, 0.15) is 0 Å². The van der Waals surface area contributed by atoms with Crippen molar-refractivity contribution in [1.82, 2.24) is 15.3 Å². The zero-order chi connectivity index (χ0) is 26.4. The number of ether oxygens (including phenoxy) is 1. The highest BCUT2D eigenvalue weighted by atomic mass is 32.2. The Morgan fingerprint density at radius 2 is 1.56 bits per heavy atom. The molecule has 190 valence electrons. The van der Waals surface area contributed by atoms with Gasteiger partial charge in [0.25, 0.3) is 15.9 Å². The van der Waals surface area contributed by atoms with Crippen LogP contribution in [0.4, 0.5) is 24.8 Å². The van der Waals surface area contributed by atoms with Crippen LogP contribution in [-0.4, -0.2) is 48.7 Å². The fourth-order valence-corrected chi connectivity index (χ4v) is 3.88. The summed E-state index contributed by atoms with van der Waals surface area (Å²) in [7, 11) is -4.17. The van der Waals surface area contributed by atoms with E-state index in [0.29, 0.717) is 0 Å². The number of halogens is 3. The van der Waals surface area contributed by atoms with Crippen molar-refractivity contribution in [2.24, 2.45) is 0 Å². The zero-order valence-electron chi connectivity index (χ0n) is 18.6. The molecule has 0 aliphatic heterocycles. The van der Waals surface area contributed by atoms with E-state index in [4.69, 9.17) is 0 Å². The van der Waals surface area contributed by atoms with Crippen molar-refractivity contribution in [3.8, 4) is 0 Å². The predicted molar refractivity (Wildman–Crippen MR) is 122 cm³/mol. The second kappa shape index (κ2) is 10.6. The third-order valence-corrected chi connectivity index (χ3v) is 5.98. The van der Waals surface area contributed by atoms with Gasteiger partial charge in [-0.3, -0.25) is 4.79 Å². The van der Waals surface area contributed by atoms with Gasteiger partial charge in [-0.2, -0.15) is 13.2 Å². The SMILES string of the molecule is CCOC(=O)C(NC(=O)c1ccccc1)(Nc1ccc(S(=O)(=O)Nc2ncccn2)cc1)C(F)(F)F. The summed E-state index contributed by atoms with van der Waals surface area (Å²) in [5.74, 6) is -3.21. The third-order valence-electron chi connectivity index (χ3n) is 4.63. The first-order valence-electron chi connectivity index (χ1n) is 10.3. The first-order valence-corrected chi connectivity index (χ1v) is 11.8. The minimum Gasteiger partial charge on any atom is -0.463 e. The van der Waals surface area contributed by atoms with Crippen LogP contribution in [0.2, 0.25) is 0 Å². The van der Waals surface area contributed by atoms with Gasteiger partial charge in [0, 0.05) is 23.6 Å². The van der Waals surface area contributed by atoms with E-state index in [-0.39, 0.29) is 22.1 Å². The van der Waals surface area contributed by atoms with Crippen molar-refractivity contribution in [3.05, 3.63) is 78.6 Å². The standard InChI is InChI=1S/C22H20F3N5O5S/c1-2-35-19(32)21(22(23,24)25,29-18(31)15-7-4-3-5-8-15)28-16-9-11-17(12-10-16)36(33,34)30-20-26-13-6-14-27-20/h3-14,28H,2H2,1H3,(H,29,31)(H,26,27,30). The Morgan fingerprint density at radius 1 is 0.944 bits per heavy atom. The van der Waals surface area contributed by atoms with E-state index in [1.54, 1.807) is 11.4 Å². The van der Waals surface area contributed by atoms with Crippen LogP contribution in [0.25, 0.3) is 0 Å². The number of anilines is 2. The number of nitrogens with one attached hydrogen (secondary N) is 3. The molecular weight excluding hydrogens is 503 g/mol. The first kappa shape index (κ1) is 26.4. The van der Waals surface area contributed by atoms with Gasteiger partial charge in [-0.25, -0.2) is 27.9 Å². The van der Waals surface area contributed by atoms with E-state index in [9.17, 15) is 31.2 Å². The molecule has 0 saturated carbocycles. The fourth-order valence-electron chi connectivity index (χ4n) is 2.93. The molecule has 0 aliphatic rings. The number of amides is 1. The Kier molecular flexibility index (Phi) is 7.77. The van der Waals surface area contributed by atoms with E-state index in [1.165, 1.54) is 49.6 Å². The van der Waals surface area contributed by atoms with Gasteiger partial charge >= 0.3 is 17.8 Å². The molecule has 1 unspecified atom stereocenters. The van der Waals surface area contributed by atoms with E-state index in [1.807, 2.05) is 5.32 Å². The maximum absolute atomic E-state index is 14.3. The largest absolute Gasteiger partial charge is 0.463 e. The highest BCUT2D eigenvalue weighted by Crippen LogP contribution is 2.34. The Morgan fingerprint density at radius 3 is 2.11 bits per heavy atom. The Hall–Kier alpha value is -4.20. The first-order chi connectivity index (χ1) is 17.0. The molecule has 2 aromatic carbocycles. The van der Waals surface area contributed by atoms with Gasteiger partial charge in [0.05, 0.1) is 11.5 Å². The molecule has 3 rings (SSSR count). The summed E-state index contributed by atoms with van der Waals surface area (Å²) in [6, 6.07) is 12.4. The third kappa shape index (κ3) is 5.89. The molecule has 1 heterocycles. The van der Waals surface area contributed by atoms with Gasteiger partial charge in [0.2, 0.25) is 5.95 Å². The molecular formula is C22H20F3N5O5S. The molecule has 14 heteroatoms. The lowest BCUT2D eigenvalue weighted by Crippen LogP contribution is -2.69. The highest BCUT2D eigenvalue weighted by molar-refractivity contribution is 7.92. The number of carbonyl (C=O) groups excluding carboxylic acids is 2. The average Bonchev–Trinajstić information content (AvgIpc) is 2.84. The number of alkyl halides is 3. The summed E-state index contributed by atoms with van der Waals surface area (Å²) in [5, 5.41) is 3.68. The fraction of sp³-hybridized carbons (Fsp3) is 0.182. The van der Waals surface area contributed by atoms with E-state index in [0.717, 1.165) is 24.3 Å². The second-order valence-electron chi connectivity index (χ2n) is 7.12. The Labute approximate surface area is 204 Å².